The molecule has 0 radical (unpaired) electrons. The molecule has 1 saturated heterocycles. The summed E-state index contributed by atoms with van der Waals surface area (Å²) in [6.45, 7) is 3.13. The maximum absolute atomic E-state index is 13.9. The van der Waals surface area contributed by atoms with Gasteiger partial charge in [0.05, 0.1) is 5.52 Å². The molecular formula is C15H19ClFN3. The molecule has 1 aliphatic heterocycles. The van der Waals surface area contributed by atoms with E-state index in [0.29, 0.717) is 23.7 Å². The lowest BCUT2D eigenvalue weighted by Crippen LogP contribution is -2.18. The number of hydrogen-bond acceptors (Lipinski definition) is 2. The highest BCUT2D eigenvalue weighted by atomic mass is 35.5. The molecule has 3 nitrogen and oxygen atoms in total. The Balaban J connectivity index is 1.98. The van der Waals surface area contributed by atoms with Crippen molar-refractivity contribution < 1.29 is 4.39 Å². The van der Waals surface area contributed by atoms with E-state index in [0.717, 1.165) is 31.0 Å². The summed E-state index contributed by atoms with van der Waals surface area (Å²) in [6.07, 6.45) is 1.87. The van der Waals surface area contributed by atoms with Crippen LogP contribution < -0.4 is 0 Å². The van der Waals surface area contributed by atoms with Gasteiger partial charge in [-0.15, -0.1) is 11.6 Å². The van der Waals surface area contributed by atoms with E-state index < -0.39 is 0 Å². The maximum atomic E-state index is 13.9. The standard InChI is InChI=1S/C15H19ClFN3/c1-19-8-6-11(9-19)10-20-13-4-2-3-12(17)15(13)18-14(20)5-7-16/h2-4,11H,5-10H2,1H3. The molecule has 0 aliphatic carbocycles. The molecule has 1 aliphatic rings. The van der Waals surface area contributed by atoms with Crippen LogP contribution in [0.5, 0.6) is 0 Å². The van der Waals surface area contributed by atoms with Crippen molar-refractivity contribution in [2.45, 2.75) is 19.4 Å². The van der Waals surface area contributed by atoms with Crippen molar-refractivity contribution >= 4 is 22.6 Å². The Morgan fingerprint density at radius 3 is 3.00 bits per heavy atom. The quantitative estimate of drug-likeness (QED) is 0.809. The molecule has 0 spiro atoms. The van der Waals surface area contributed by atoms with Crippen LogP contribution in [0.25, 0.3) is 11.0 Å². The predicted octanol–water partition coefficient (Wildman–Crippen LogP) is 2.91. The SMILES string of the molecule is CN1CCC(Cn2c(CCCl)nc3c(F)cccc32)C1. The first-order valence-electron chi connectivity index (χ1n) is 7.07. The van der Waals surface area contributed by atoms with Gasteiger partial charge in [0.1, 0.15) is 11.3 Å². The number of rotatable bonds is 4. The lowest BCUT2D eigenvalue weighted by Gasteiger charge is -2.14. The lowest BCUT2D eigenvalue weighted by atomic mass is 10.1. The van der Waals surface area contributed by atoms with E-state index in [-0.39, 0.29) is 5.82 Å². The van der Waals surface area contributed by atoms with Crippen LogP contribution in [0.3, 0.4) is 0 Å². The second-order valence-corrected chi connectivity index (χ2v) is 5.98. The molecule has 1 fully saturated rings. The van der Waals surface area contributed by atoms with Crippen LogP contribution in [0.2, 0.25) is 0 Å². The fourth-order valence-corrected chi connectivity index (χ4v) is 3.24. The van der Waals surface area contributed by atoms with Gasteiger partial charge in [0.15, 0.2) is 5.82 Å². The van der Waals surface area contributed by atoms with Crippen LogP contribution in [-0.4, -0.2) is 40.5 Å². The molecule has 1 aromatic heterocycles. The molecule has 0 amide bonds. The second-order valence-electron chi connectivity index (χ2n) is 5.60. The largest absolute Gasteiger partial charge is 0.328 e. The fourth-order valence-electron chi connectivity index (χ4n) is 3.07. The Bertz CT molecular complexity index is 610. The number of fused-ring (bicyclic) bond motifs is 1. The molecule has 1 aromatic carbocycles. The summed E-state index contributed by atoms with van der Waals surface area (Å²) in [5, 5.41) is 0. The first-order valence-corrected chi connectivity index (χ1v) is 7.60. The van der Waals surface area contributed by atoms with Gasteiger partial charge < -0.3 is 9.47 Å². The normalized spacial score (nSPS) is 20.1. The minimum absolute atomic E-state index is 0.249. The van der Waals surface area contributed by atoms with Crippen LogP contribution in [-0.2, 0) is 13.0 Å². The van der Waals surface area contributed by atoms with Crippen LogP contribution in [0.15, 0.2) is 18.2 Å². The van der Waals surface area contributed by atoms with Gasteiger partial charge in [-0.2, -0.15) is 0 Å². The number of aromatic nitrogens is 2. The fraction of sp³-hybridized carbons (Fsp3) is 0.533. The molecule has 2 aromatic rings. The van der Waals surface area contributed by atoms with E-state index in [9.17, 15) is 4.39 Å². The van der Waals surface area contributed by atoms with E-state index in [1.807, 2.05) is 6.07 Å². The molecule has 2 heterocycles. The van der Waals surface area contributed by atoms with Crippen LogP contribution in [0.4, 0.5) is 4.39 Å². The number of nitrogens with zero attached hydrogens (tertiary/aromatic N) is 3. The summed E-state index contributed by atoms with van der Waals surface area (Å²) in [7, 11) is 2.14. The van der Waals surface area contributed by atoms with Crippen LogP contribution >= 0.6 is 11.6 Å². The van der Waals surface area contributed by atoms with Gasteiger partial charge in [-0.3, -0.25) is 0 Å². The van der Waals surface area contributed by atoms with Crippen molar-refractivity contribution in [2.75, 3.05) is 26.0 Å². The van der Waals surface area contributed by atoms with Crippen LogP contribution in [0, 0.1) is 11.7 Å². The number of hydrogen-bond donors (Lipinski definition) is 0. The summed E-state index contributed by atoms with van der Waals surface area (Å²) in [5.41, 5.74) is 1.36. The third kappa shape index (κ3) is 2.54. The maximum Gasteiger partial charge on any atom is 0.151 e. The first kappa shape index (κ1) is 13.8. The summed E-state index contributed by atoms with van der Waals surface area (Å²) in [4.78, 5) is 6.79. The summed E-state index contributed by atoms with van der Waals surface area (Å²) in [5.74, 6) is 1.76. The minimum atomic E-state index is -0.249. The van der Waals surface area contributed by atoms with Gasteiger partial charge in [-0.05, 0) is 38.1 Å². The molecule has 3 rings (SSSR count). The average Bonchev–Trinajstić information content (AvgIpc) is 2.97. The van der Waals surface area contributed by atoms with Gasteiger partial charge in [-0.1, -0.05) is 6.07 Å². The highest BCUT2D eigenvalue weighted by Crippen LogP contribution is 2.24. The molecule has 0 bridgehead atoms. The molecule has 108 valence electrons. The number of likely N-dealkylation sites (tertiary alicyclic amines) is 1. The van der Waals surface area contributed by atoms with Gasteiger partial charge in [0.25, 0.3) is 0 Å². The van der Waals surface area contributed by atoms with E-state index in [1.165, 1.54) is 12.5 Å². The first-order chi connectivity index (χ1) is 9.69. The Morgan fingerprint density at radius 2 is 2.30 bits per heavy atom. The van der Waals surface area contributed by atoms with Crippen molar-refractivity contribution in [1.29, 1.82) is 0 Å². The highest BCUT2D eigenvalue weighted by molar-refractivity contribution is 6.17. The summed E-state index contributed by atoms with van der Waals surface area (Å²) >= 11 is 5.86. The minimum Gasteiger partial charge on any atom is -0.328 e. The van der Waals surface area contributed by atoms with E-state index in [4.69, 9.17) is 11.6 Å². The van der Waals surface area contributed by atoms with E-state index >= 15 is 0 Å². The lowest BCUT2D eigenvalue weighted by molar-refractivity contribution is 0.378. The predicted molar refractivity (Wildman–Crippen MR) is 79.7 cm³/mol. The van der Waals surface area contributed by atoms with Crippen molar-refractivity contribution in [3.63, 3.8) is 0 Å². The van der Waals surface area contributed by atoms with Crippen molar-refractivity contribution in [3.05, 3.63) is 29.8 Å². The van der Waals surface area contributed by atoms with E-state index in [2.05, 4.69) is 21.5 Å². The van der Waals surface area contributed by atoms with Crippen molar-refractivity contribution in [1.82, 2.24) is 14.5 Å². The zero-order valence-electron chi connectivity index (χ0n) is 11.6. The molecular weight excluding hydrogens is 277 g/mol. The Labute approximate surface area is 123 Å². The number of aryl methyl sites for hydroxylation is 1. The Morgan fingerprint density at radius 1 is 1.45 bits per heavy atom. The van der Waals surface area contributed by atoms with Gasteiger partial charge in [0, 0.05) is 25.4 Å². The van der Waals surface area contributed by atoms with Crippen molar-refractivity contribution in [2.24, 2.45) is 5.92 Å². The zero-order chi connectivity index (χ0) is 14.1. The van der Waals surface area contributed by atoms with Crippen molar-refractivity contribution in [3.8, 4) is 0 Å². The molecule has 1 unspecified atom stereocenters. The topological polar surface area (TPSA) is 21.1 Å². The number of imidazole rings is 1. The molecule has 0 saturated carbocycles. The third-order valence-corrected chi connectivity index (χ3v) is 4.25. The zero-order valence-corrected chi connectivity index (χ0v) is 12.4. The number of benzene rings is 1. The molecule has 20 heavy (non-hydrogen) atoms. The smallest absolute Gasteiger partial charge is 0.151 e. The second kappa shape index (κ2) is 5.70. The molecule has 1 atom stereocenters. The number of alkyl halides is 1. The highest BCUT2D eigenvalue weighted by Gasteiger charge is 2.22. The Kier molecular flexibility index (Phi) is 3.94. The van der Waals surface area contributed by atoms with Crippen LogP contribution in [0.1, 0.15) is 12.2 Å². The Hall–Kier alpha value is -1.13. The van der Waals surface area contributed by atoms with Gasteiger partial charge >= 0.3 is 0 Å². The van der Waals surface area contributed by atoms with Gasteiger partial charge in [-0.25, -0.2) is 9.37 Å². The molecule has 5 heteroatoms. The summed E-state index contributed by atoms with van der Waals surface area (Å²) < 4.78 is 16.0. The average molecular weight is 296 g/mol. The molecule has 0 N–H and O–H groups in total. The summed E-state index contributed by atoms with van der Waals surface area (Å²) in [6, 6.07) is 5.16. The third-order valence-electron chi connectivity index (χ3n) is 4.06. The van der Waals surface area contributed by atoms with E-state index in [1.54, 1.807) is 6.07 Å². The number of para-hydroxylation sites is 1. The number of halogens is 2. The monoisotopic (exact) mass is 295 g/mol. The van der Waals surface area contributed by atoms with Gasteiger partial charge in [0.2, 0.25) is 0 Å².